The quantitative estimate of drug-likeness (QED) is 0.585. The molecule has 0 unspecified atom stereocenters. The van der Waals surface area contributed by atoms with Gasteiger partial charge in [0.25, 0.3) is 5.56 Å². The zero-order chi connectivity index (χ0) is 10.8. The Morgan fingerprint density at radius 3 is 2.60 bits per heavy atom. The fourth-order valence-electron chi connectivity index (χ4n) is 0.819. The third-order valence-corrected chi connectivity index (χ3v) is 1.63. The van der Waals surface area contributed by atoms with Crippen molar-refractivity contribution < 1.29 is 64.3 Å². The largest absolute Gasteiger partial charge is 1.00 e. The standard InChI is InChI=1S/C7H7BF3N2O.K/c1-6(8(9,10)11)4-13-5-12-3-2-7(13)14;/h2-3,5H,1,4H2;/q-1;+1. The SMILES string of the molecule is C=C(Cn1cnccc1=O)[B-](F)(F)F.[K+]. The predicted molar refractivity (Wildman–Crippen MR) is 46.7 cm³/mol. The van der Waals surface area contributed by atoms with Crippen LogP contribution in [0, 0.1) is 0 Å². The van der Waals surface area contributed by atoms with E-state index in [-0.39, 0.29) is 51.4 Å². The van der Waals surface area contributed by atoms with Crippen molar-refractivity contribution in [1.29, 1.82) is 0 Å². The molecule has 1 rings (SSSR count). The fourth-order valence-corrected chi connectivity index (χ4v) is 0.819. The number of hydrogen-bond acceptors (Lipinski definition) is 2. The van der Waals surface area contributed by atoms with Gasteiger partial charge in [-0.05, 0) is 0 Å². The zero-order valence-corrected chi connectivity index (χ0v) is 11.3. The van der Waals surface area contributed by atoms with Gasteiger partial charge in [-0.2, -0.15) is 0 Å². The molecule has 0 aliphatic heterocycles. The van der Waals surface area contributed by atoms with Gasteiger partial charge in [-0.3, -0.25) is 9.36 Å². The summed E-state index contributed by atoms with van der Waals surface area (Å²) in [4.78, 5) is 14.5. The van der Waals surface area contributed by atoms with Crippen LogP contribution in [0.4, 0.5) is 12.9 Å². The van der Waals surface area contributed by atoms with Gasteiger partial charge in [0.05, 0.1) is 6.33 Å². The second-order valence-corrected chi connectivity index (χ2v) is 2.78. The minimum atomic E-state index is -5.09. The maximum Gasteiger partial charge on any atom is 1.00 e. The van der Waals surface area contributed by atoms with E-state index in [2.05, 4.69) is 11.6 Å². The normalized spacial score (nSPS) is 10.6. The predicted octanol–water partition coefficient (Wildman–Crippen LogP) is -1.81. The Hall–Kier alpha value is 0.111. The molecule has 0 spiro atoms. The first kappa shape index (κ1) is 15.1. The number of halogens is 3. The van der Waals surface area contributed by atoms with Crippen LogP contribution < -0.4 is 56.9 Å². The van der Waals surface area contributed by atoms with Crippen molar-refractivity contribution in [2.24, 2.45) is 0 Å². The third-order valence-electron chi connectivity index (χ3n) is 1.63. The van der Waals surface area contributed by atoms with Gasteiger partial charge >= 0.3 is 58.4 Å². The van der Waals surface area contributed by atoms with Gasteiger partial charge in [-0.1, -0.05) is 0 Å². The zero-order valence-electron chi connectivity index (χ0n) is 8.16. The van der Waals surface area contributed by atoms with Crippen molar-refractivity contribution in [3.8, 4) is 0 Å². The molecule has 3 nitrogen and oxygen atoms in total. The summed E-state index contributed by atoms with van der Waals surface area (Å²) in [5, 5.41) is 0. The van der Waals surface area contributed by atoms with E-state index in [0.29, 0.717) is 0 Å². The molecule has 1 aromatic rings. The van der Waals surface area contributed by atoms with Crippen molar-refractivity contribution in [3.63, 3.8) is 0 Å². The molecule has 0 saturated carbocycles. The van der Waals surface area contributed by atoms with Crippen LogP contribution in [0.2, 0.25) is 0 Å². The average Bonchev–Trinajstić information content (AvgIpc) is 2.07. The Bertz CT molecular complexity index is 404. The molecular weight excluding hydrogens is 235 g/mol. The molecule has 0 fully saturated rings. The number of hydrogen-bond donors (Lipinski definition) is 0. The van der Waals surface area contributed by atoms with E-state index in [4.69, 9.17) is 0 Å². The summed E-state index contributed by atoms with van der Waals surface area (Å²) < 4.78 is 37.1. The summed E-state index contributed by atoms with van der Waals surface area (Å²) >= 11 is 0. The van der Waals surface area contributed by atoms with Crippen molar-refractivity contribution in [2.75, 3.05) is 0 Å². The van der Waals surface area contributed by atoms with E-state index in [1.807, 2.05) is 0 Å². The number of rotatable bonds is 3. The van der Waals surface area contributed by atoms with Crippen LogP contribution in [0.1, 0.15) is 0 Å². The third kappa shape index (κ3) is 4.64. The first-order chi connectivity index (χ1) is 6.41. The van der Waals surface area contributed by atoms with E-state index < -0.39 is 24.6 Å². The molecule has 0 saturated heterocycles. The topological polar surface area (TPSA) is 34.9 Å². The van der Waals surface area contributed by atoms with Gasteiger partial charge in [-0.15, -0.1) is 12.1 Å². The Labute approximate surface area is 127 Å². The molecule has 1 aromatic heterocycles. The van der Waals surface area contributed by atoms with Crippen molar-refractivity contribution in [1.82, 2.24) is 9.55 Å². The first-order valence-corrected chi connectivity index (χ1v) is 3.79. The second kappa shape index (κ2) is 6.00. The summed E-state index contributed by atoms with van der Waals surface area (Å²) in [6.07, 6.45) is 2.27. The van der Waals surface area contributed by atoms with Crippen LogP contribution in [-0.2, 0) is 6.54 Å². The molecule has 76 valence electrons. The van der Waals surface area contributed by atoms with Crippen molar-refractivity contribution in [2.45, 2.75) is 6.54 Å². The molecule has 15 heavy (non-hydrogen) atoms. The molecule has 1 heterocycles. The van der Waals surface area contributed by atoms with E-state index in [0.717, 1.165) is 17.0 Å². The van der Waals surface area contributed by atoms with Gasteiger partial charge in [0, 0.05) is 18.8 Å². The summed E-state index contributed by atoms with van der Waals surface area (Å²) in [5.41, 5.74) is -1.44. The van der Waals surface area contributed by atoms with Gasteiger partial charge < -0.3 is 12.9 Å². The fraction of sp³-hybridized carbons (Fsp3) is 0.143. The second-order valence-electron chi connectivity index (χ2n) is 2.78. The summed E-state index contributed by atoms with van der Waals surface area (Å²) in [7, 11) is 0. The maximum absolute atomic E-state index is 12.1. The monoisotopic (exact) mass is 242 g/mol. The smallest absolute Gasteiger partial charge is 0.445 e. The first-order valence-electron chi connectivity index (χ1n) is 3.79. The molecule has 0 aliphatic rings. The van der Waals surface area contributed by atoms with Gasteiger partial charge in [0.2, 0.25) is 0 Å². The van der Waals surface area contributed by atoms with Crippen molar-refractivity contribution in [3.05, 3.63) is 41.0 Å². The molecule has 0 atom stereocenters. The van der Waals surface area contributed by atoms with E-state index in [1.165, 1.54) is 6.20 Å². The minimum absolute atomic E-state index is 0. The number of aromatic nitrogens is 2. The maximum atomic E-state index is 12.1. The Morgan fingerprint density at radius 2 is 2.13 bits per heavy atom. The van der Waals surface area contributed by atoms with E-state index in [1.54, 1.807) is 0 Å². The molecule has 0 amide bonds. The molecule has 0 bridgehead atoms. The van der Waals surface area contributed by atoms with Crippen molar-refractivity contribution >= 4 is 6.98 Å². The van der Waals surface area contributed by atoms with Crippen LogP contribution in [-0.4, -0.2) is 16.5 Å². The Kier molecular flexibility index (Phi) is 6.04. The number of allylic oxidation sites excluding steroid dienone is 1. The Balaban J connectivity index is 0.00000196. The van der Waals surface area contributed by atoms with Crippen LogP contribution in [0.3, 0.4) is 0 Å². The average molecular weight is 242 g/mol. The summed E-state index contributed by atoms with van der Waals surface area (Å²) in [6.45, 7) is -2.78. The molecule has 0 aromatic carbocycles. The van der Waals surface area contributed by atoms with Crippen LogP contribution >= 0.6 is 0 Å². The summed E-state index contributed by atoms with van der Waals surface area (Å²) in [5.74, 6) is 0. The Morgan fingerprint density at radius 1 is 1.53 bits per heavy atom. The van der Waals surface area contributed by atoms with Crippen LogP contribution in [0.25, 0.3) is 0 Å². The minimum Gasteiger partial charge on any atom is -0.445 e. The van der Waals surface area contributed by atoms with Gasteiger partial charge in [0.1, 0.15) is 0 Å². The van der Waals surface area contributed by atoms with Crippen LogP contribution in [0.5, 0.6) is 0 Å². The molecule has 0 aliphatic carbocycles. The van der Waals surface area contributed by atoms with E-state index in [9.17, 15) is 17.7 Å². The number of nitrogens with zero attached hydrogens (tertiary/aromatic N) is 2. The summed E-state index contributed by atoms with van der Waals surface area (Å²) in [6, 6.07) is 1.09. The van der Waals surface area contributed by atoms with E-state index >= 15 is 0 Å². The molecule has 8 heteroatoms. The van der Waals surface area contributed by atoms with Gasteiger partial charge in [-0.25, -0.2) is 4.98 Å². The molecule has 0 N–H and O–H groups in total. The molecule has 0 radical (unpaired) electrons. The van der Waals surface area contributed by atoms with Gasteiger partial charge in [0.15, 0.2) is 0 Å². The molecular formula is C7H7BF3KN2O. The van der Waals surface area contributed by atoms with Crippen LogP contribution in [0.15, 0.2) is 35.4 Å².